The molecule has 0 aromatic heterocycles. The summed E-state index contributed by atoms with van der Waals surface area (Å²) in [5.74, 6) is -0.994. The normalized spacial score (nSPS) is 18.9. The first kappa shape index (κ1) is 18.1. The zero-order chi connectivity index (χ0) is 15.4. The number of hydrogen-bond acceptors (Lipinski definition) is 3. The number of rotatable bonds is 5. The third kappa shape index (κ3) is 4.05. The number of hydrogen-bond donors (Lipinski definition) is 1. The lowest BCUT2D eigenvalue weighted by Crippen LogP contribution is -2.50. The molecule has 1 saturated heterocycles. The molecule has 1 aliphatic rings. The maximum Gasteiger partial charge on any atom is 0.326 e. The van der Waals surface area contributed by atoms with Gasteiger partial charge in [0.05, 0.1) is 6.04 Å². The molecule has 6 nitrogen and oxygen atoms in total. The van der Waals surface area contributed by atoms with E-state index in [1.165, 1.54) is 4.90 Å². The Kier molecular flexibility index (Phi) is 6.52. The Morgan fingerprint density at radius 3 is 2.50 bits per heavy atom. The predicted octanol–water partition coefficient (Wildman–Crippen LogP) is 0.410. The van der Waals surface area contributed by atoms with Crippen molar-refractivity contribution in [1.82, 2.24) is 9.80 Å². The fourth-order valence-corrected chi connectivity index (χ4v) is 2.81. The average molecular weight is 308 g/mol. The number of carboxylic acids is 1. The van der Waals surface area contributed by atoms with Crippen molar-refractivity contribution in [2.75, 3.05) is 20.6 Å². The topological polar surface area (TPSA) is 92.4 Å². The highest BCUT2D eigenvalue weighted by atomic mass is 16.4. The van der Waals surface area contributed by atoms with Crippen molar-refractivity contribution in [3.63, 3.8) is 0 Å². The Hall–Kier alpha value is -1.92. The molecule has 0 bridgehead atoms. The van der Waals surface area contributed by atoms with Crippen LogP contribution in [0.2, 0.25) is 0 Å². The van der Waals surface area contributed by atoms with Gasteiger partial charge in [-0.15, -0.1) is 0 Å². The molecule has 0 unspecified atom stereocenters. The van der Waals surface area contributed by atoms with Crippen molar-refractivity contribution in [3.05, 3.63) is 35.9 Å². The molecule has 1 fully saturated rings. The fraction of sp³-hybridized carbons (Fsp3) is 0.500. The van der Waals surface area contributed by atoms with E-state index >= 15 is 0 Å². The number of benzene rings is 1. The van der Waals surface area contributed by atoms with Crippen LogP contribution in [-0.2, 0) is 16.0 Å². The van der Waals surface area contributed by atoms with Gasteiger partial charge in [0.2, 0.25) is 5.91 Å². The van der Waals surface area contributed by atoms with Crippen LogP contribution in [0, 0.1) is 0 Å². The Balaban J connectivity index is 0.00000242. The van der Waals surface area contributed by atoms with Gasteiger partial charge in [-0.1, -0.05) is 30.3 Å². The minimum Gasteiger partial charge on any atom is -0.480 e. The molecule has 1 aromatic rings. The Bertz CT molecular complexity index is 504. The van der Waals surface area contributed by atoms with Gasteiger partial charge in [-0.25, -0.2) is 4.79 Å². The number of aliphatic carboxylic acids is 1. The second-order valence-electron chi connectivity index (χ2n) is 5.70. The van der Waals surface area contributed by atoms with Gasteiger partial charge in [0, 0.05) is 6.54 Å². The first-order chi connectivity index (χ1) is 10.0. The van der Waals surface area contributed by atoms with Crippen LogP contribution >= 0.6 is 0 Å². The lowest BCUT2D eigenvalue weighted by atomic mass is 10.0. The highest BCUT2D eigenvalue weighted by Crippen LogP contribution is 2.20. The number of amides is 1. The van der Waals surface area contributed by atoms with E-state index in [1.54, 1.807) is 0 Å². The first-order valence-corrected chi connectivity index (χ1v) is 7.24. The molecule has 0 saturated carbocycles. The van der Waals surface area contributed by atoms with Crippen molar-refractivity contribution >= 4 is 11.9 Å². The van der Waals surface area contributed by atoms with Crippen LogP contribution in [0.1, 0.15) is 18.4 Å². The lowest BCUT2D eigenvalue weighted by Gasteiger charge is -2.30. The molecular weight excluding hydrogens is 284 g/mol. The highest BCUT2D eigenvalue weighted by Gasteiger charge is 2.37. The van der Waals surface area contributed by atoms with Crippen molar-refractivity contribution in [1.29, 1.82) is 0 Å². The van der Waals surface area contributed by atoms with Crippen molar-refractivity contribution < 1.29 is 20.2 Å². The number of carboxylic acid groups (broad SMARTS) is 1. The van der Waals surface area contributed by atoms with E-state index in [2.05, 4.69) is 0 Å². The van der Waals surface area contributed by atoms with E-state index in [4.69, 9.17) is 0 Å². The minimum absolute atomic E-state index is 0. The maximum absolute atomic E-state index is 12.7. The third-order valence-corrected chi connectivity index (χ3v) is 4.00. The van der Waals surface area contributed by atoms with E-state index in [0.717, 1.165) is 12.0 Å². The van der Waals surface area contributed by atoms with Gasteiger partial charge < -0.3 is 15.5 Å². The predicted molar refractivity (Wildman–Crippen MR) is 83.6 cm³/mol. The summed E-state index contributed by atoms with van der Waals surface area (Å²) in [4.78, 5) is 27.4. The smallest absolute Gasteiger partial charge is 0.326 e. The van der Waals surface area contributed by atoms with E-state index < -0.39 is 12.0 Å². The first-order valence-electron chi connectivity index (χ1n) is 7.24. The van der Waals surface area contributed by atoms with Crippen LogP contribution in [0.15, 0.2) is 30.3 Å². The molecule has 0 spiro atoms. The van der Waals surface area contributed by atoms with Crippen LogP contribution in [0.5, 0.6) is 0 Å². The minimum atomic E-state index is -0.905. The molecule has 3 N–H and O–H groups in total. The van der Waals surface area contributed by atoms with Gasteiger partial charge in [0.1, 0.15) is 6.04 Å². The molecule has 2 atom stereocenters. The van der Waals surface area contributed by atoms with Gasteiger partial charge in [0.25, 0.3) is 0 Å². The van der Waals surface area contributed by atoms with Crippen LogP contribution < -0.4 is 0 Å². The molecule has 1 aliphatic heterocycles. The number of carbonyl (C=O) groups excluding carboxylic acids is 1. The summed E-state index contributed by atoms with van der Waals surface area (Å²) in [6.45, 7) is 0.537. The molecule has 0 radical (unpaired) electrons. The summed E-state index contributed by atoms with van der Waals surface area (Å²) >= 11 is 0. The zero-order valence-electron chi connectivity index (χ0n) is 13.0. The monoisotopic (exact) mass is 308 g/mol. The van der Waals surface area contributed by atoms with Gasteiger partial charge in [-0.3, -0.25) is 9.69 Å². The number of likely N-dealkylation sites (N-methyl/N-ethyl adjacent to an activating group) is 1. The quantitative estimate of drug-likeness (QED) is 0.852. The SMILES string of the molecule is CN(C)[C@H](Cc1ccccc1)C(=O)N1CCC[C@H]1C(=O)O.O. The molecule has 2 rings (SSSR count). The van der Waals surface area contributed by atoms with Crippen molar-refractivity contribution in [2.45, 2.75) is 31.3 Å². The molecule has 1 amide bonds. The number of likely N-dealkylation sites (tertiary alicyclic amines) is 1. The lowest BCUT2D eigenvalue weighted by molar-refractivity contribution is -0.150. The van der Waals surface area contributed by atoms with E-state index in [1.807, 2.05) is 49.3 Å². The van der Waals surface area contributed by atoms with E-state index in [9.17, 15) is 14.7 Å². The maximum atomic E-state index is 12.7. The van der Waals surface area contributed by atoms with E-state index in [0.29, 0.717) is 19.4 Å². The second kappa shape index (κ2) is 7.91. The Morgan fingerprint density at radius 1 is 1.32 bits per heavy atom. The molecule has 0 aliphatic carbocycles. The van der Waals surface area contributed by atoms with Crippen LogP contribution in [0.4, 0.5) is 0 Å². The summed E-state index contributed by atoms with van der Waals surface area (Å²) in [7, 11) is 3.72. The number of carbonyl (C=O) groups is 2. The average Bonchev–Trinajstić information content (AvgIpc) is 2.94. The molecule has 122 valence electrons. The van der Waals surface area contributed by atoms with Gasteiger partial charge in [-0.2, -0.15) is 0 Å². The van der Waals surface area contributed by atoms with Crippen molar-refractivity contribution in [2.24, 2.45) is 0 Å². The van der Waals surface area contributed by atoms with Crippen LogP contribution in [0.25, 0.3) is 0 Å². The molecular formula is C16H24N2O4. The van der Waals surface area contributed by atoms with E-state index in [-0.39, 0.29) is 17.4 Å². The Labute approximate surface area is 130 Å². The largest absolute Gasteiger partial charge is 0.480 e. The highest BCUT2D eigenvalue weighted by molar-refractivity contribution is 5.87. The summed E-state index contributed by atoms with van der Waals surface area (Å²) < 4.78 is 0. The summed E-state index contributed by atoms with van der Waals surface area (Å²) in [5, 5.41) is 9.24. The van der Waals surface area contributed by atoms with Crippen molar-refractivity contribution in [3.8, 4) is 0 Å². The molecule has 1 aromatic carbocycles. The standard InChI is InChI=1S/C16H22N2O3.H2O/c1-17(2)14(11-12-7-4-3-5-8-12)15(19)18-10-6-9-13(18)16(20)21;/h3-5,7-8,13-14H,6,9-11H2,1-2H3,(H,20,21);1H2/t13-,14+;/m0./s1. The van der Waals surface area contributed by atoms with Gasteiger partial charge in [-0.05, 0) is 38.9 Å². The van der Waals surface area contributed by atoms with Crippen LogP contribution in [0.3, 0.4) is 0 Å². The summed E-state index contributed by atoms with van der Waals surface area (Å²) in [6, 6.07) is 8.82. The van der Waals surface area contributed by atoms with Gasteiger partial charge >= 0.3 is 5.97 Å². The summed E-state index contributed by atoms with van der Waals surface area (Å²) in [5.41, 5.74) is 1.08. The fourth-order valence-electron chi connectivity index (χ4n) is 2.81. The third-order valence-electron chi connectivity index (χ3n) is 4.00. The second-order valence-corrected chi connectivity index (χ2v) is 5.70. The molecule has 6 heteroatoms. The molecule has 22 heavy (non-hydrogen) atoms. The van der Waals surface area contributed by atoms with Crippen LogP contribution in [-0.4, -0.2) is 65.0 Å². The number of nitrogens with zero attached hydrogens (tertiary/aromatic N) is 2. The summed E-state index contributed by atoms with van der Waals surface area (Å²) in [6.07, 6.45) is 1.90. The zero-order valence-corrected chi connectivity index (χ0v) is 13.0. The molecule has 1 heterocycles. The van der Waals surface area contributed by atoms with Gasteiger partial charge in [0.15, 0.2) is 0 Å². The Morgan fingerprint density at radius 2 is 1.95 bits per heavy atom.